The van der Waals surface area contributed by atoms with Crippen LogP contribution >= 0.6 is 15.9 Å². The van der Waals surface area contributed by atoms with Gasteiger partial charge in [-0.25, -0.2) is 4.99 Å². The molecule has 0 amide bonds. The molecule has 0 fully saturated rings. The Morgan fingerprint density at radius 2 is 2.31 bits per heavy atom. The summed E-state index contributed by atoms with van der Waals surface area (Å²) in [6, 6.07) is 6.09. The Labute approximate surface area is 85.8 Å². The Balaban J connectivity index is 2.45. The van der Waals surface area contributed by atoms with Crippen LogP contribution in [0.1, 0.15) is 11.1 Å². The van der Waals surface area contributed by atoms with Gasteiger partial charge in [0.1, 0.15) is 6.61 Å². The number of rotatable bonds is 1. The van der Waals surface area contributed by atoms with Crippen molar-refractivity contribution in [1.82, 2.24) is 0 Å². The molecule has 3 heteroatoms. The molecule has 0 saturated heterocycles. The normalized spacial score (nSPS) is 15.4. The Morgan fingerprint density at radius 3 is 3.00 bits per heavy atom. The quantitative estimate of drug-likeness (QED) is 0.739. The van der Waals surface area contributed by atoms with Crippen LogP contribution in [-0.2, 0) is 4.74 Å². The van der Waals surface area contributed by atoms with Gasteiger partial charge in [0.25, 0.3) is 0 Å². The standard InChI is InChI=1S/C10H10BrNO/c1-7-3-2-4-8(9(7)11)10-12-5-6-13-10/h2-4H,5-6H2,1H3. The molecule has 0 aromatic heterocycles. The molecule has 0 bridgehead atoms. The summed E-state index contributed by atoms with van der Waals surface area (Å²) in [6.07, 6.45) is 0. The van der Waals surface area contributed by atoms with Gasteiger partial charge in [-0.1, -0.05) is 12.1 Å². The molecule has 1 aliphatic rings. The van der Waals surface area contributed by atoms with Crippen LogP contribution < -0.4 is 0 Å². The number of halogens is 1. The smallest absolute Gasteiger partial charge is 0.217 e. The highest BCUT2D eigenvalue weighted by atomic mass is 79.9. The third-order valence-corrected chi connectivity index (χ3v) is 3.06. The van der Waals surface area contributed by atoms with E-state index in [1.54, 1.807) is 0 Å². The summed E-state index contributed by atoms with van der Waals surface area (Å²) in [4.78, 5) is 4.27. The summed E-state index contributed by atoms with van der Waals surface area (Å²) in [5.74, 6) is 0.760. The zero-order valence-electron chi connectivity index (χ0n) is 7.38. The van der Waals surface area contributed by atoms with Gasteiger partial charge in [-0.3, -0.25) is 0 Å². The first-order valence-corrected chi connectivity index (χ1v) is 5.01. The maximum absolute atomic E-state index is 5.39. The summed E-state index contributed by atoms with van der Waals surface area (Å²) in [7, 11) is 0. The van der Waals surface area contributed by atoms with Crippen molar-refractivity contribution in [2.75, 3.05) is 13.2 Å². The molecule has 68 valence electrons. The second-order valence-corrected chi connectivity index (χ2v) is 3.76. The fourth-order valence-electron chi connectivity index (χ4n) is 1.31. The fourth-order valence-corrected chi connectivity index (χ4v) is 1.74. The number of aryl methyl sites for hydroxylation is 1. The highest BCUT2D eigenvalue weighted by Gasteiger charge is 2.13. The predicted molar refractivity (Wildman–Crippen MR) is 56.2 cm³/mol. The SMILES string of the molecule is Cc1cccc(C2=NCCO2)c1Br. The topological polar surface area (TPSA) is 21.6 Å². The molecule has 2 nitrogen and oxygen atoms in total. The molecule has 0 aliphatic carbocycles. The highest BCUT2D eigenvalue weighted by molar-refractivity contribution is 9.10. The second-order valence-electron chi connectivity index (χ2n) is 2.97. The number of hydrogen-bond acceptors (Lipinski definition) is 2. The average molecular weight is 240 g/mol. The van der Waals surface area contributed by atoms with Crippen molar-refractivity contribution >= 4 is 21.8 Å². The van der Waals surface area contributed by atoms with Gasteiger partial charge in [0.2, 0.25) is 5.90 Å². The van der Waals surface area contributed by atoms with Crippen molar-refractivity contribution in [3.05, 3.63) is 33.8 Å². The van der Waals surface area contributed by atoms with Gasteiger partial charge in [0, 0.05) is 4.47 Å². The molecule has 1 aliphatic heterocycles. The minimum Gasteiger partial charge on any atom is -0.475 e. The largest absolute Gasteiger partial charge is 0.475 e. The first kappa shape index (κ1) is 8.75. The average Bonchev–Trinajstić information content (AvgIpc) is 2.62. The summed E-state index contributed by atoms with van der Waals surface area (Å²) in [6.45, 7) is 3.54. The van der Waals surface area contributed by atoms with Crippen molar-refractivity contribution in [3.8, 4) is 0 Å². The number of nitrogens with zero attached hydrogens (tertiary/aromatic N) is 1. The second kappa shape index (κ2) is 3.50. The summed E-state index contributed by atoms with van der Waals surface area (Å²) >= 11 is 3.53. The van der Waals surface area contributed by atoms with Crippen molar-refractivity contribution in [2.24, 2.45) is 4.99 Å². The van der Waals surface area contributed by atoms with Crippen LogP contribution in [0.25, 0.3) is 0 Å². The predicted octanol–water partition coefficient (Wildman–Crippen LogP) is 2.53. The number of benzene rings is 1. The number of aliphatic imine (C=N–C) groups is 1. The fraction of sp³-hybridized carbons (Fsp3) is 0.300. The van der Waals surface area contributed by atoms with Crippen LogP contribution in [0.5, 0.6) is 0 Å². The summed E-state index contributed by atoms with van der Waals surface area (Å²) < 4.78 is 6.47. The zero-order valence-corrected chi connectivity index (χ0v) is 8.97. The van der Waals surface area contributed by atoms with E-state index < -0.39 is 0 Å². The van der Waals surface area contributed by atoms with Crippen molar-refractivity contribution in [2.45, 2.75) is 6.92 Å². The van der Waals surface area contributed by atoms with E-state index in [4.69, 9.17) is 4.74 Å². The molecular formula is C10H10BrNO. The summed E-state index contributed by atoms with van der Waals surface area (Å²) in [5, 5.41) is 0. The van der Waals surface area contributed by atoms with Crippen LogP contribution in [0, 0.1) is 6.92 Å². The molecule has 0 unspecified atom stereocenters. The first-order valence-electron chi connectivity index (χ1n) is 4.22. The van der Waals surface area contributed by atoms with E-state index in [0.29, 0.717) is 6.61 Å². The molecule has 0 atom stereocenters. The van der Waals surface area contributed by atoms with Crippen LogP contribution in [0.15, 0.2) is 27.7 Å². The molecule has 1 aromatic carbocycles. The van der Waals surface area contributed by atoms with Crippen molar-refractivity contribution < 1.29 is 4.74 Å². The van der Waals surface area contributed by atoms with Gasteiger partial charge in [0.05, 0.1) is 12.1 Å². The number of ether oxygens (including phenoxy) is 1. The van der Waals surface area contributed by atoms with E-state index in [2.05, 4.69) is 33.9 Å². The maximum Gasteiger partial charge on any atom is 0.217 e. The lowest BCUT2D eigenvalue weighted by Crippen LogP contribution is -2.02. The van der Waals surface area contributed by atoms with Crippen LogP contribution in [0.4, 0.5) is 0 Å². The zero-order chi connectivity index (χ0) is 9.26. The Hall–Kier alpha value is -0.830. The molecule has 0 spiro atoms. The molecule has 0 radical (unpaired) electrons. The lowest BCUT2D eigenvalue weighted by atomic mass is 10.1. The van der Waals surface area contributed by atoms with E-state index >= 15 is 0 Å². The van der Waals surface area contributed by atoms with Gasteiger partial charge in [-0.05, 0) is 34.5 Å². The van der Waals surface area contributed by atoms with Gasteiger partial charge < -0.3 is 4.74 Å². The molecule has 2 rings (SSSR count). The van der Waals surface area contributed by atoms with Crippen LogP contribution in [0.2, 0.25) is 0 Å². The first-order chi connectivity index (χ1) is 6.29. The van der Waals surface area contributed by atoms with Gasteiger partial charge in [-0.2, -0.15) is 0 Å². The van der Waals surface area contributed by atoms with Crippen molar-refractivity contribution in [3.63, 3.8) is 0 Å². The monoisotopic (exact) mass is 239 g/mol. The van der Waals surface area contributed by atoms with E-state index in [-0.39, 0.29) is 0 Å². The summed E-state index contributed by atoms with van der Waals surface area (Å²) in [5.41, 5.74) is 2.26. The third kappa shape index (κ3) is 1.61. The lowest BCUT2D eigenvalue weighted by molar-refractivity contribution is 0.348. The van der Waals surface area contributed by atoms with Gasteiger partial charge in [0.15, 0.2) is 0 Å². The minimum atomic E-state index is 0.704. The Morgan fingerprint density at radius 1 is 1.46 bits per heavy atom. The molecule has 1 heterocycles. The highest BCUT2D eigenvalue weighted by Crippen LogP contribution is 2.23. The maximum atomic E-state index is 5.39. The van der Waals surface area contributed by atoms with E-state index in [1.807, 2.05) is 12.1 Å². The van der Waals surface area contributed by atoms with E-state index in [0.717, 1.165) is 22.5 Å². The third-order valence-electron chi connectivity index (χ3n) is 2.01. The molecular weight excluding hydrogens is 230 g/mol. The van der Waals surface area contributed by atoms with Crippen LogP contribution in [0.3, 0.4) is 0 Å². The molecule has 0 saturated carbocycles. The number of hydrogen-bond donors (Lipinski definition) is 0. The van der Waals surface area contributed by atoms with Gasteiger partial charge in [-0.15, -0.1) is 0 Å². The van der Waals surface area contributed by atoms with E-state index in [9.17, 15) is 0 Å². The molecule has 0 N–H and O–H groups in total. The minimum absolute atomic E-state index is 0.704. The van der Waals surface area contributed by atoms with E-state index in [1.165, 1.54) is 5.56 Å². The van der Waals surface area contributed by atoms with Gasteiger partial charge >= 0.3 is 0 Å². The Kier molecular flexibility index (Phi) is 2.36. The lowest BCUT2D eigenvalue weighted by Gasteiger charge is -2.06. The molecule has 13 heavy (non-hydrogen) atoms. The Bertz CT molecular complexity index is 360. The molecule has 1 aromatic rings. The van der Waals surface area contributed by atoms with Crippen molar-refractivity contribution in [1.29, 1.82) is 0 Å². The van der Waals surface area contributed by atoms with Crippen LogP contribution in [-0.4, -0.2) is 19.0 Å².